The Bertz CT molecular complexity index is 1430. The number of likely N-dealkylation sites (tertiary alicyclic amines) is 1. The minimum absolute atomic E-state index is 0.0143. The first-order valence-corrected chi connectivity index (χ1v) is 15.2. The van der Waals surface area contributed by atoms with Crippen molar-refractivity contribution in [2.24, 2.45) is 5.92 Å². The van der Waals surface area contributed by atoms with Gasteiger partial charge in [0, 0.05) is 43.3 Å². The number of ether oxygens (including phenoxy) is 2. The largest absolute Gasteiger partial charge is 0.444 e. The summed E-state index contributed by atoms with van der Waals surface area (Å²) in [6.07, 6.45) is 1.95. The molecule has 4 amide bonds. The summed E-state index contributed by atoms with van der Waals surface area (Å²) in [6.45, 7) is 8.74. The van der Waals surface area contributed by atoms with Gasteiger partial charge in [0.05, 0.1) is 6.04 Å². The molecular formula is C33H40N4O6. The Morgan fingerprint density at radius 1 is 1.12 bits per heavy atom. The first kappa shape index (κ1) is 29.0. The van der Waals surface area contributed by atoms with Gasteiger partial charge < -0.3 is 24.6 Å². The molecule has 0 aromatic heterocycles. The lowest BCUT2D eigenvalue weighted by molar-refractivity contribution is -0.143. The number of amides is 4. The van der Waals surface area contributed by atoms with Gasteiger partial charge in [-0.25, -0.2) is 14.5 Å². The Morgan fingerprint density at radius 3 is 2.51 bits per heavy atom. The standard InChI is InChI=1S/C33H40N4O6/c1-21(23-10-11-23)36(17-22-8-6-5-7-9-22)28(38)20-37-29(39)33(43-31(37)41)15-14-24-16-25(12-13-27(24)33)34-26-18-35(19-26)30(40)42-32(2,3)4/h5-9,12-13,16,21,23,26,34H,10-11,14-15,17-20H2,1-4H3/t21?,33-/m0/s1. The molecule has 1 spiro atoms. The van der Waals surface area contributed by atoms with Crippen molar-refractivity contribution in [1.82, 2.24) is 14.7 Å². The molecule has 2 aliphatic carbocycles. The topological polar surface area (TPSA) is 108 Å². The Labute approximate surface area is 252 Å². The van der Waals surface area contributed by atoms with E-state index in [2.05, 4.69) is 5.32 Å². The summed E-state index contributed by atoms with van der Waals surface area (Å²) in [5, 5.41) is 3.44. The third kappa shape index (κ3) is 5.79. The molecule has 2 saturated heterocycles. The molecule has 2 aromatic rings. The Kier molecular flexibility index (Phi) is 7.34. The summed E-state index contributed by atoms with van der Waals surface area (Å²) >= 11 is 0. The van der Waals surface area contributed by atoms with E-state index in [0.29, 0.717) is 44.0 Å². The maximum atomic E-state index is 13.8. The van der Waals surface area contributed by atoms with Crippen molar-refractivity contribution in [3.63, 3.8) is 0 Å². The summed E-state index contributed by atoms with van der Waals surface area (Å²) in [5.74, 6) is -0.301. The van der Waals surface area contributed by atoms with Gasteiger partial charge >= 0.3 is 12.2 Å². The van der Waals surface area contributed by atoms with Crippen molar-refractivity contribution in [2.75, 3.05) is 25.0 Å². The summed E-state index contributed by atoms with van der Waals surface area (Å²) in [4.78, 5) is 57.2. The predicted octanol–water partition coefficient (Wildman–Crippen LogP) is 4.67. The number of anilines is 1. The number of hydrogen-bond acceptors (Lipinski definition) is 7. The molecule has 4 aliphatic rings. The van der Waals surface area contributed by atoms with E-state index >= 15 is 0 Å². The highest BCUT2D eigenvalue weighted by Gasteiger charge is 2.58. The second kappa shape index (κ2) is 10.9. The lowest BCUT2D eigenvalue weighted by atomic mass is 9.94. The van der Waals surface area contributed by atoms with Gasteiger partial charge in [-0.2, -0.15) is 0 Å². The minimum Gasteiger partial charge on any atom is -0.444 e. The highest BCUT2D eigenvalue weighted by atomic mass is 16.6. The number of hydrogen-bond donors (Lipinski definition) is 1. The van der Waals surface area contributed by atoms with Gasteiger partial charge in [0.1, 0.15) is 12.1 Å². The predicted molar refractivity (Wildman–Crippen MR) is 159 cm³/mol. The van der Waals surface area contributed by atoms with E-state index in [1.807, 2.05) is 76.2 Å². The number of carbonyl (C=O) groups is 4. The number of nitrogens with one attached hydrogen (secondary N) is 1. The van der Waals surface area contributed by atoms with E-state index in [1.165, 1.54) is 0 Å². The molecule has 10 nitrogen and oxygen atoms in total. The molecule has 3 fully saturated rings. The zero-order valence-corrected chi connectivity index (χ0v) is 25.3. The van der Waals surface area contributed by atoms with Crippen LogP contribution in [-0.4, -0.2) is 76.0 Å². The number of benzene rings is 2. The van der Waals surface area contributed by atoms with Gasteiger partial charge in [-0.3, -0.25) is 9.59 Å². The Hall–Kier alpha value is -4.08. The summed E-state index contributed by atoms with van der Waals surface area (Å²) in [7, 11) is 0. The highest BCUT2D eigenvalue weighted by Crippen LogP contribution is 2.46. The maximum Gasteiger partial charge on any atom is 0.418 e. The fraction of sp³-hybridized carbons (Fsp3) is 0.515. The quantitative estimate of drug-likeness (QED) is 0.478. The second-order valence-electron chi connectivity index (χ2n) is 13.3. The van der Waals surface area contributed by atoms with Crippen LogP contribution in [0.2, 0.25) is 0 Å². The third-order valence-corrected chi connectivity index (χ3v) is 8.87. The first-order chi connectivity index (χ1) is 20.4. The van der Waals surface area contributed by atoms with Gasteiger partial charge in [-0.15, -0.1) is 0 Å². The summed E-state index contributed by atoms with van der Waals surface area (Å²) < 4.78 is 11.2. The van der Waals surface area contributed by atoms with Crippen molar-refractivity contribution in [1.29, 1.82) is 0 Å². The smallest absolute Gasteiger partial charge is 0.418 e. The van der Waals surface area contributed by atoms with E-state index < -0.39 is 23.2 Å². The van der Waals surface area contributed by atoms with Crippen molar-refractivity contribution >= 4 is 29.7 Å². The van der Waals surface area contributed by atoms with Crippen LogP contribution in [0.3, 0.4) is 0 Å². The average molecular weight is 589 g/mol. The van der Waals surface area contributed by atoms with Crippen LogP contribution in [0.25, 0.3) is 0 Å². The molecule has 2 heterocycles. The molecular weight excluding hydrogens is 548 g/mol. The van der Waals surface area contributed by atoms with Gasteiger partial charge in [0.25, 0.3) is 5.91 Å². The van der Waals surface area contributed by atoms with E-state index in [-0.39, 0.29) is 30.6 Å². The molecule has 1 unspecified atom stereocenters. The molecule has 1 saturated carbocycles. The van der Waals surface area contributed by atoms with E-state index in [0.717, 1.165) is 34.6 Å². The van der Waals surface area contributed by atoms with Crippen molar-refractivity contribution < 1.29 is 28.7 Å². The van der Waals surface area contributed by atoms with Crippen LogP contribution >= 0.6 is 0 Å². The van der Waals surface area contributed by atoms with Crippen LogP contribution in [0, 0.1) is 5.92 Å². The normalized spacial score (nSPS) is 22.2. The SMILES string of the molecule is CC(C1CC1)N(Cc1ccccc1)C(=O)CN1C(=O)O[C@]2(CCc3cc(NC4CN(C(=O)OC(C)(C)C)C4)ccc32)C1=O. The monoisotopic (exact) mass is 588 g/mol. The maximum absolute atomic E-state index is 13.8. The fourth-order valence-electron chi connectivity index (χ4n) is 6.32. The zero-order chi connectivity index (χ0) is 30.5. The molecule has 2 aliphatic heterocycles. The molecule has 1 N–H and O–H groups in total. The number of rotatable bonds is 8. The van der Waals surface area contributed by atoms with Gasteiger partial charge in [0.15, 0.2) is 0 Å². The highest BCUT2D eigenvalue weighted by molar-refractivity contribution is 6.06. The van der Waals surface area contributed by atoms with Gasteiger partial charge in [-0.05, 0) is 76.1 Å². The van der Waals surface area contributed by atoms with Crippen LogP contribution in [0.1, 0.15) is 63.6 Å². The lowest BCUT2D eigenvalue weighted by Crippen LogP contribution is -2.57. The second-order valence-corrected chi connectivity index (χ2v) is 13.3. The first-order valence-electron chi connectivity index (χ1n) is 15.2. The van der Waals surface area contributed by atoms with Gasteiger partial charge in [0.2, 0.25) is 11.5 Å². The molecule has 10 heteroatoms. The zero-order valence-electron chi connectivity index (χ0n) is 25.3. The molecule has 6 rings (SSSR count). The van der Waals surface area contributed by atoms with E-state index in [1.54, 1.807) is 9.80 Å². The van der Waals surface area contributed by atoms with Crippen molar-refractivity contribution in [3.8, 4) is 0 Å². The van der Waals surface area contributed by atoms with Crippen LogP contribution < -0.4 is 5.32 Å². The number of imide groups is 1. The molecule has 0 bridgehead atoms. The van der Waals surface area contributed by atoms with Crippen molar-refractivity contribution in [3.05, 3.63) is 65.2 Å². The van der Waals surface area contributed by atoms with Crippen LogP contribution in [0.4, 0.5) is 15.3 Å². The van der Waals surface area contributed by atoms with Crippen molar-refractivity contribution in [2.45, 2.75) is 83.2 Å². The lowest BCUT2D eigenvalue weighted by Gasteiger charge is -2.40. The number of fused-ring (bicyclic) bond motifs is 2. The molecule has 228 valence electrons. The number of nitrogens with zero attached hydrogens (tertiary/aromatic N) is 3. The van der Waals surface area contributed by atoms with Gasteiger partial charge in [-0.1, -0.05) is 36.4 Å². The number of aryl methyl sites for hydroxylation is 1. The van der Waals surface area contributed by atoms with Crippen LogP contribution in [0.15, 0.2) is 48.5 Å². The molecule has 0 radical (unpaired) electrons. The summed E-state index contributed by atoms with van der Waals surface area (Å²) in [5.41, 5.74) is 1.54. The average Bonchev–Trinajstić information content (AvgIpc) is 3.69. The van der Waals surface area contributed by atoms with E-state index in [4.69, 9.17) is 9.47 Å². The third-order valence-electron chi connectivity index (χ3n) is 8.87. The van der Waals surface area contributed by atoms with Crippen LogP contribution in [-0.2, 0) is 37.6 Å². The minimum atomic E-state index is -1.40. The van der Waals surface area contributed by atoms with Crippen LogP contribution in [0.5, 0.6) is 0 Å². The number of carbonyl (C=O) groups excluding carboxylic acids is 4. The molecule has 2 aromatic carbocycles. The molecule has 43 heavy (non-hydrogen) atoms. The summed E-state index contributed by atoms with van der Waals surface area (Å²) in [6, 6.07) is 15.6. The molecule has 2 atom stereocenters. The fourth-order valence-corrected chi connectivity index (χ4v) is 6.32. The Morgan fingerprint density at radius 2 is 1.84 bits per heavy atom. The van der Waals surface area contributed by atoms with E-state index in [9.17, 15) is 19.2 Å². The Balaban J connectivity index is 1.11.